The van der Waals surface area contributed by atoms with Gasteiger partial charge in [0, 0.05) is 6.42 Å². The summed E-state index contributed by atoms with van der Waals surface area (Å²) in [5, 5.41) is 0. The van der Waals surface area contributed by atoms with Gasteiger partial charge in [0.05, 0.1) is 11.4 Å². The monoisotopic (exact) mass is 229 g/mol. The largest absolute Gasteiger partial charge is 0.591 e. The van der Waals surface area contributed by atoms with E-state index in [0.717, 1.165) is 18.8 Å². The Morgan fingerprint density at radius 2 is 2.13 bits per heavy atom. The van der Waals surface area contributed by atoms with Crippen LogP contribution < -0.4 is 10.5 Å². The Morgan fingerprint density at radius 3 is 2.67 bits per heavy atom. The first-order valence-corrected chi connectivity index (χ1v) is 6.94. The molecule has 0 amide bonds. The van der Waals surface area contributed by atoms with Gasteiger partial charge in [-0.05, 0) is 24.8 Å². The van der Waals surface area contributed by atoms with E-state index in [9.17, 15) is 4.55 Å². The number of nitrogens with zero attached hydrogens (tertiary/aromatic N) is 1. The van der Waals surface area contributed by atoms with Crippen LogP contribution in [-0.2, 0) is 11.4 Å². The Hall–Kier alpha value is -0.260. The third kappa shape index (κ3) is 2.65. The molecule has 1 unspecified atom stereocenters. The van der Waals surface area contributed by atoms with Gasteiger partial charge in [-0.3, -0.25) is 0 Å². The normalized spacial score (nSPS) is 29.7. The maximum absolute atomic E-state index is 11.1. The second-order valence-electron chi connectivity index (χ2n) is 4.62. The molecule has 3 N–H and O–H groups in total. The van der Waals surface area contributed by atoms with Gasteiger partial charge in [-0.25, -0.2) is 4.99 Å². The van der Waals surface area contributed by atoms with Gasteiger partial charge in [-0.2, -0.15) is 4.72 Å². The summed E-state index contributed by atoms with van der Waals surface area (Å²) in [4.78, 5) is 4.25. The van der Waals surface area contributed by atoms with Gasteiger partial charge >= 0.3 is 0 Å². The van der Waals surface area contributed by atoms with E-state index in [1.54, 1.807) is 0 Å². The van der Waals surface area contributed by atoms with Gasteiger partial charge in [-0.15, -0.1) is 0 Å². The minimum absolute atomic E-state index is 0.221. The summed E-state index contributed by atoms with van der Waals surface area (Å²) in [6, 6.07) is 0. The highest BCUT2D eigenvalue weighted by Gasteiger charge is 2.34. The zero-order valence-corrected chi connectivity index (χ0v) is 9.81. The quantitative estimate of drug-likeness (QED) is 0.706. The first kappa shape index (κ1) is 11.2. The van der Waals surface area contributed by atoms with E-state index < -0.39 is 11.4 Å². The Morgan fingerprint density at radius 1 is 1.40 bits per heavy atom. The predicted molar refractivity (Wildman–Crippen MR) is 62.8 cm³/mol. The van der Waals surface area contributed by atoms with Gasteiger partial charge in [0.2, 0.25) is 5.88 Å². The average Bonchev–Trinajstić information content (AvgIpc) is 2.65. The van der Waals surface area contributed by atoms with E-state index in [1.165, 1.54) is 32.1 Å². The van der Waals surface area contributed by atoms with E-state index >= 15 is 0 Å². The molecule has 4 nitrogen and oxygen atoms in total. The maximum atomic E-state index is 11.1. The molecule has 2 rings (SSSR count). The van der Waals surface area contributed by atoms with E-state index in [-0.39, 0.29) is 5.41 Å². The molecule has 2 aliphatic rings. The molecule has 15 heavy (non-hydrogen) atoms. The molecule has 1 saturated carbocycles. The molecule has 1 heterocycles. The molecule has 0 saturated heterocycles. The summed E-state index contributed by atoms with van der Waals surface area (Å²) in [5.74, 6) is 1.32. The fraction of sp³-hybridized carbons (Fsp3) is 0.900. The van der Waals surface area contributed by atoms with Crippen molar-refractivity contribution in [3.63, 3.8) is 0 Å². The zero-order valence-electron chi connectivity index (χ0n) is 9.00. The third-order valence-corrected chi connectivity index (χ3v) is 4.32. The van der Waals surface area contributed by atoms with Crippen LogP contribution in [-0.4, -0.2) is 22.8 Å². The standard InChI is InChI=1S/C10H19N3OS/c11-7-10(4-2-1-3-5-10)6-9-12-8-15(14)13-9/h1-8,11H2,(H,12,13). The Bertz CT molecular complexity index is 251. The summed E-state index contributed by atoms with van der Waals surface area (Å²) >= 11 is -0.972. The van der Waals surface area contributed by atoms with E-state index in [1.807, 2.05) is 0 Å². The van der Waals surface area contributed by atoms with Crippen LogP contribution >= 0.6 is 0 Å². The number of rotatable bonds is 3. The molecule has 0 spiro atoms. The minimum atomic E-state index is -0.972. The van der Waals surface area contributed by atoms with E-state index in [2.05, 4.69) is 9.71 Å². The van der Waals surface area contributed by atoms with Crippen LogP contribution in [0.2, 0.25) is 0 Å². The first-order chi connectivity index (χ1) is 7.24. The van der Waals surface area contributed by atoms with Crippen LogP contribution in [0.15, 0.2) is 4.99 Å². The average molecular weight is 229 g/mol. The van der Waals surface area contributed by atoms with E-state index in [0.29, 0.717) is 5.88 Å². The second kappa shape index (κ2) is 4.72. The lowest BCUT2D eigenvalue weighted by molar-refractivity contribution is 0.207. The fourth-order valence-electron chi connectivity index (χ4n) is 2.53. The number of amidine groups is 1. The van der Waals surface area contributed by atoms with Gasteiger partial charge in [0.15, 0.2) is 0 Å². The molecule has 1 fully saturated rings. The van der Waals surface area contributed by atoms with Crippen molar-refractivity contribution < 1.29 is 4.55 Å². The number of aliphatic imine (C=N–C) groups is 1. The molecule has 5 heteroatoms. The number of hydrogen-bond acceptors (Lipinski definition) is 4. The fourth-order valence-corrected chi connectivity index (χ4v) is 3.27. The summed E-state index contributed by atoms with van der Waals surface area (Å²) in [5.41, 5.74) is 6.11. The van der Waals surface area contributed by atoms with Crippen molar-refractivity contribution >= 4 is 17.2 Å². The van der Waals surface area contributed by atoms with Crippen LogP contribution in [0.1, 0.15) is 38.5 Å². The number of hydrogen-bond donors (Lipinski definition) is 2. The topological polar surface area (TPSA) is 73.5 Å². The number of nitrogens with one attached hydrogen (secondary N) is 1. The van der Waals surface area contributed by atoms with Crippen molar-refractivity contribution in [3.05, 3.63) is 0 Å². The number of nitrogens with two attached hydrogens (primary N) is 1. The summed E-state index contributed by atoms with van der Waals surface area (Å²) in [7, 11) is 0. The lowest BCUT2D eigenvalue weighted by atomic mass is 9.71. The minimum Gasteiger partial charge on any atom is -0.591 e. The van der Waals surface area contributed by atoms with Crippen LogP contribution in [0, 0.1) is 5.41 Å². The SMILES string of the molecule is NCC1(CC2=NC[S+]([O-])N2)CCCCC1. The molecule has 86 valence electrons. The van der Waals surface area contributed by atoms with Crippen LogP contribution in [0.5, 0.6) is 0 Å². The Labute approximate surface area is 94.0 Å². The Balaban J connectivity index is 1.95. The Kier molecular flexibility index (Phi) is 3.53. The zero-order chi connectivity index (χ0) is 10.7. The van der Waals surface area contributed by atoms with Gasteiger partial charge in [-0.1, -0.05) is 19.3 Å². The molecular formula is C10H19N3OS. The highest BCUT2D eigenvalue weighted by atomic mass is 32.2. The van der Waals surface area contributed by atoms with E-state index in [4.69, 9.17) is 5.73 Å². The van der Waals surface area contributed by atoms with Crippen LogP contribution in [0.4, 0.5) is 0 Å². The molecule has 0 aromatic heterocycles. The predicted octanol–water partition coefficient (Wildman–Crippen LogP) is 0.909. The molecule has 0 aromatic rings. The maximum Gasteiger partial charge on any atom is 0.222 e. The molecular weight excluding hydrogens is 210 g/mol. The third-order valence-electron chi connectivity index (χ3n) is 3.49. The summed E-state index contributed by atoms with van der Waals surface area (Å²) < 4.78 is 14.1. The van der Waals surface area contributed by atoms with Crippen molar-refractivity contribution in [1.82, 2.24) is 4.72 Å². The summed E-state index contributed by atoms with van der Waals surface area (Å²) in [6.07, 6.45) is 7.14. The van der Waals surface area contributed by atoms with Crippen LogP contribution in [0.3, 0.4) is 0 Å². The van der Waals surface area contributed by atoms with Gasteiger partial charge in [0.25, 0.3) is 0 Å². The smallest absolute Gasteiger partial charge is 0.222 e. The van der Waals surface area contributed by atoms with Crippen molar-refractivity contribution in [1.29, 1.82) is 0 Å². The molecule has 1 aliphatic carbocycles. The highest BCUT2D eigenvalue weighted by Crippen LogP contribution is 2.38. The van der Waals surface area contributed by atoms with Crippen molar-refractivity contribution in [2.45, 2.75) is 38.5 Å². The lowest BCUT2D eigenvalue weighted by Crippen LogP contribution is -2.38. The summed E-state index contributed by atoms with van der Waals surface area (Å²) in [6.45, 7) is 0.723. The van der Waals surface area contributed by atoms with Crippen LogP contribution in [0.25, 0.3) is 0 Å². The molecule has 1 atom stereocenters. The highest BCUT2D eigenvalue weighted by molar-refractivity contribution is 7.90. The molecule has 0 bridgehead atoms. The second-order valence-corrected chi connectivity index (χ2v) is 5.78. The first-order valence-electron chi connectivity index (χ1n) is 5.63. The molecule has 0 radical (unpaired) electrons. The van der Waals surface area contributed by atoms with Crippen molar-refractivity contribution in [2.75, 3.05) is 12.4 Å². The molecule has 0 aromatic carbocycles. The van der Waals surface area contributed by atoms with Crippen molar-refractivity contribution in [2.24, 2.45) is 16.1 Å². The molecule has 1 aliphatic heterocycles. The van der Waals surface area contributed by atoms with Gasteiger partial charge < -0.3 is 10.3 Å². The lowest BCUT2D eigenvalue weighted by Gasteiger charge is -2.35. The van der Waals surface area contributed by atoms with Crippen molar-refractivity contribution in [3.8, 4) is 0 Å². The van der Waals surface area contributed by atoms with Gasteiger partial charge in [0.1, 0.15) is 5.84 Å².